The average Bonchev–Trinajstić information content (AvgIpc) is 3.24. The van der Waals surface area contributed by atoms with Crippen molar-refractivity contribution in [3.05, 3.63) is 42.2 Å². The van der Waals surface area contributed by atoms with Crippen LogP contribution in [0.4, 0.5) is 0 Å². The van der Waals surface area contributed by atoms with Crippen molar-refractivity contribution in [2.24, 2.45) is 5.92 Å². The van der Waals surface area contributed by atoms with Crippen molar-refractivity contribution in [1.29, 1.82) is 0 Å². The number of rotatable bonds is 5. The fraction of sp³-hybridized carbons (Fsp3) is 0.412. The minimum absolute atomic E-state index is 0.110. The van der Waals surface area contributed by atoms with Gasteiger partial charge < -0.3 is 15.0 Å². The first-order chi connectivity index (χ1) is 12.3. The largest absolute Gasteiger partial charge is 0.391 e. The van der Waals surface area contributed by atoms with Crippen LogP contribution in [-0.2, 0) is 10.0 Å². The van der Waals surface area contributed by atoms with Gasteiger partial charge in [0.25, 0.3) is 5.91 Å². The Morgan fingerprint density at radius 3 is 2.73 bits per heavy atom. The van der Waals surface area contributed by atoms with E-state index >= 15 is 0 Å². The first-order valence-corrected chi connectivity index (χ1v) is 9.87. The Morgan fingerprint density at radius 2 is 2.08 bits per heavy atom. The van der Waals surface area contributed by atoms with Crippen LogP contribution in [0, 0.1) is 5.92 Å². The summed E-state index contributed by atoms with van der Waals surface area (Å²) in [5, 5.41) is 10.3. The Kier molecular flexibility index (Phi) is 5.12. The van der Waals surface area contributed by atoms with Crippen molar-refractivity contribution < 1.29 is 18.3 Å². The average molecular weight is 378 g/mol. The number of likely N-dealkylation sites (tertiary alicyclic amines) is 1. The van der Waals surface area contributed by atoms with Gasteiger partial charge in [0.05, 0.1) is 17.4 Å². The number of imidazole rings is 1. The molecule has 0 bridgehead atoms. The maximum atomic E-state index is 13.0. The number of benzene rings is 1. The van der Waals surface area contributed by atoms with Crippen molar-refractivity contribution >= 4 is 15.9 Å². The molecule has 0 spiro atoms. The predicted molar refractivity (Wildman–Crippen MR) is 96.9 cm³/mol. The summed E-state index contributed by atoms with van der Waals surface area (Å²) in [5.41, 5.74) is 1.13. The van der Waals surface area contributed by atoms with Gasteiger partial charge in [-0.1, -0.05) is 18.2 Å². The highest BCUT2D eigenvalue weighted by Crippen LogP contribution is 2.26. The minimum atomic E-state index is -3.45. The zero-order valence-electron chi connectivity index (χ0n) is 14.7. The molecule has 1 aromatic heterocycles. The van der Waals surface area contributed by atoms with E-state index in [0.717, 1.165) is 4.31 Å². The molecule has 3 rings (SSSR count). The topological polar surface area (TPSA) is 107 Å². The van der Waals surface area contributed by atoms with Crippen molar-refractivity contribution in [3.63, 3.8) is 0 Å². The number of sulfonamides is 1. The number of nitrogens with one attached hydrogen (secondary N) is 1. The van der Waals surface area contributed by atoms with E-state index in [2.05, 4.69) is 9.97 Å². The molecule has 2 heterocycles. The zero-order valence-corrected chi connectivity index (χ0v) is 15.5. The monoisotopic (exact) mass is 378 g/mol. The number of nitrogens with zero attached hydrogens (tertiary/aromatic N) is 3. The van der Waals surface area contributed by atoms with Gasteiger partial charge in [0.1, 0.15) is 5.82 Å². The van der Waals surface area contributed by atoms with Crippen LogP contribution in [-0.4, -0.2) is 77.6 Å². The Hall–Kier alpha value is -2.23. The van der Waals surface area contributed by atoms with E-state index in [1.54, 1.807) is 30.6 Å². The Labute approximate surface area is 152 Å². The van der Waals surface area contributed by atoms with Crippen LogP contribution in [0.15, 0.2) is 36.7 Å². The number of aromatic amines is 1. The molecule has 1 aliphatic rings. The molecule has 140 valence electrons. The van der Waals surface area contributed by atoms with E-state index in [9.17, 15) is 18.3 Å². The summed E-state index contributed by atoms with van der Waals surface area (Å²) >= 11 is 0. The zero-order chi connectivity index (χ0) is 18.9. The van der Waals surface area contributed by atoms with Gasteiger partial charge in [-0.3, -0.25) is 4.79 Å². The molecule has 0 unspecified atom stereocenters. The van der Waals surface area contributed by atoms with Gasteiger partial charge in [-0.15, -0.1) is 0 Å². The molecule has 26 heavy (non-hydrogen) atoms. The van der Waals surface area contributed by atoms with Gasteiger partial charge in [-0.2, -0.15) is 0 Å². The molecule has 0 radical (unpaired) electrons. The minimum Gasteiger partial charge on any atom is -0.391 e. The molecule has 1 aliphatic heterocycles. The molecule has 0 aliphatic carbocycles. The highest BCUT2D eigenvalue weighted by atomic mass is 32.2. The van der Waals surface area contributed by atoms with Crippen LogP contribution < -0.4 is 0 Å². The fourth-order valence-electron chi connectivity index (χ4n) is 3.06. The summed E-state index contributed by atoms with van der Waals surface area (Å²) < 4.78 is 25.3. The molecular weight excluding hydrogens is 356 g/mol. The lowest BCUT2D eigenvalue weighted by Crippen LogP contribution is -2.33. The van der Waals surface area contributed by atoms with Crippen LogP contribution in [0.1, 0.15) is 10.4 Å². The lowest BCUT2D eigenvalue weighted by molar-refractivity contribution is 0.0765. The highest BCUT2D eigenvalue weighted by molar-refractivity contribution is 7.89. The van der Waals surface area contributed by atoms with E-state index in [1.165, 1.54) is 19.0 Å². The number of amides is 1. The SMILES string of the molecule is CN(C)S(=O)(=O)C[C@@H]1CN(C(=O)c2ccccc2-c2ncc[nH]2)C[C@H]1O. The molecule has 2 N–H and O–H groups in total. The summed E-state index contributed by atoms with van der Waals surface area (Å²) in [6.45, 7) is 0.304. The normalized spacial score (nSPS) is 20.7. The molecule has 1 amide bonds. The number of aliphatic hydroxyl groups excluding tert-OH is 1. The van der Waals surface area contributed by atoms with Crippen LogP contribution in [0.2, 0.25) is 0 Å². The van der Waals surface area contributed by atoms with Gasteiger partial charge in [-0.25, -0.2) is 17.7 Å². The Bertz CT molecular complexity index is 880. The second-order valence-electron chi connectivity index (χ2n) is 6.58. The number of hydrogen-bond donors (Lipinski definition) is 2. The molecule has 1 saturated heterocycles. The second-order valence-corrected chi connectivity index (χ2v) is 8.81. The van der Waals surface area contributed by atoms with Crippen molar-refractivity contribution in [2.45, 2.75) is 6.10 Å². The fourth-order valence-corrected chi connectivity index (χ4v) is 4.23. The molecule has 2 aromatic rings. The van der Waals surface area contributed by atoms with Gasteiger partial charge in [0.15, 0.2) is 0 Å². The van der Waals surface area contributed by atoms with Gasteiger partial charge in [0, 0.05) is 51.1 Å². The van der Waals surface area contributed by atoms with Gasteiger partial charge in [0.2, 0.25) is 10.0 Å². The quantitative estimate of drug-likeness (QED) is 0.783. The Morgan fingerprint density at radius 1 is 1.35 bits per heavy atom. The number of carbonyl (C=O) groups excluding carboxylic acids is 1. The summed E-state index contributed by atoms with van der Waals surface area (Å²) in [5.74, 6) is -0.367. The highest BCUT2D eigenvalue weighted by Gasteiger charge is 2.38. The maximum absolute atomic E-state index is 13.0. The first kappa shape index (κ1) is 18.6. The third kappa shape index (κ3) is 3.64. The smallest absolute Gasteiger partial charge is 0.254 e. The van der Waals surface area contributed by atoms with Crippen LogP contribution in [0.25, 0.3) is 11.4 Å². The third-order valence-corrected chi connectivity index (χ3v) is 6.55. The lowest BCUT2D eigenvalue weighted by Gasteiger charge is -2.19. The predicted octanol–water partition coefficient (Wildman–Crippen LogP) is 0.401. The molecular formula is C17H22N4O4S. The Balaban J connectivity index is 1.80. The number of aromatic nitrogens is 2. The van der Waals surface area contributed by atoms with Crippen molar-refractivity contribution in [3.8, 4) is 11.4 Å². The molecule has 1 fully saturated rings. The summed E-state index contributed by atoms with van der Waals surface area (Å²) in [7, 11) is -0.536. The number of carbonyl (C=O) groups is 1. The molecule has 0 saturated carbocycles. The molecule has 2 atom stereocenters. The van der Waals surface area contributed by atoms with Gasteiger partial charge >= 0.3 is 0 Å². The van der Waals surface area contributed by atoms with E-state index < -0.39 is 22.0 Å². The number of β-amino-alcohol motifs (C(OH)–C–C–N with tert-alkyl or cyclic N) is 1. The van der Waals surface area contributed by atoms with Crippen molar-refractivity contribution in [2.75, 3.05) is 32.9 Å². The first-order valence-electron chi connectivity index (χ1n) is 8.26. The van der Waals surface area contributed by atoms with E-state index in [0.29, 0.717) is 17.0 Å². The maximum Gasteiger partial charge on any atom is 0.254 e. The summed E-state index contributed by atoms with van der Waals surface area (Å²) in [6, 6.07) is 7.09. The molecule has 9 heteroatoms. The number of H-pyrrole nitrogens is 1. The second kappa shape index (κ2) is 7.18. The van der Waals surface area contributed by atoms with Gasteiger partial charge in [-0.05, 0) is 6.07 Å². The third-order valence-electron chi connectivity index (χ3n) is 4.59. The number of hydrogen-bond acceptors (Lipinski definition) is 5. The van der Waals surface area contributed by atoms with E-state index in [-0.39, 0.29) is 24.7 Å². The summed E-state index contributed by atoms with van der Waals surface area (Å²) in [4.78, 5) is 21.6. The number of aliphatic hydroxyl groups is 1. The molecule has 1 aromatic carbocycles. The standard InChI is InChI=1S/C17H22N4O4S/c1-20(2)26(24,25)11-12-9-21(10-15(12)22)17(23)14-6-4-3-5-13(14)16-18-7-8-19-16/h3-8,12,15,22H,9-11H2,1-2H3,(H,18,19)/t12-,15+/m0/s1. The van der Waals surface area contributed by atoms with Crippen molar-refractivity contribution in [1.82, 2.24) is 19.2 Å². The van der Waals surface area contributed by atoms with E-state index in [1.807, 2.05) is 6.07 Å². The van der Waals surface area contributed by atoms with Crippen LogP contribution in [0.5, 0.6) is 0 Å². The van der Waals surface area contributed by atoms with Crippen LogP contribution in [0.3, 0.4) is 0 Å². The lowest BCUT2D eigenvalue weighted by atomic mass is 10.1. The van der Waals surface area contributed by atoms with E-state index in [4.69, 9.17) is 0 Å². The molecule has 8 nitrogen and oxygen atoms in total. The summed E-state index contributed by atoms with van der Waals surface area (Å²) in [6.07, 6.45) is 2.42. The van der Waals surface area contributed by atoms with Crippen LogP contribution >= 0.6 is 0 Å².